The van der Waals surface area contributed by atoms with Crippen LogP contribution in [0.25, 0.3) is 10.6 Å². The van der Waals surface area contributed by atoms with E-state index in [1.54, 1.807) is 23.6 Å². The standard InChI is InChI=1S/C20H16ClF3N2O2S/c1-2-28-18-15(21)4-3-5-16(18)26-17(27)10-14-11-29-19(25-14)12-6-8-13(9-7-12)20(22,23)24/h3-9,11H,2,10H2,1H3,(H,26,27). The van der Waals surface area contributed by atoms with Crippen molar-refractivity contribution in [2.45, 2.75) is 19.5 Å². The van der Waals surface area contributed by atoms with Gasteiger partial charge in [0.15, 0.2) is 5.75 Å². The maximum absolute atomic E-state index is 12.7. The van der Waals surface area contributed by atoms with Crippen LogP contribution < -0.4 is 10.1 Å². The van der Waals surface area contributed by atoms with E-state index in [-0.39, 0.29) is 12.3 Å². The number of thiazole rings is 1. The summed E-state index contributed by atoms with van der Waals surface area (Å²) in [6.07, 6.45) is -4.37. The average molecular weight is 441 g/mol. The highest BCUT2D eigenvalue weighted by atomic mass is 35.5. The minimum absolute atomic E-state index is 0.00914. The van der Waals surface area contributed by atoms with Gasteiger partial charge in [0.1, 0.15) is 5.01 Å². The Morgan fingerprint density at radius 1 is 1.21 bits per heavy atom. The van der Waals surface area contributed by atoms with Crippen molar-refractivity contribution in [1.29, 1.82) is 0 Å². The molecule has 1 heterocycles. The summed E-state index contributed by atoms with van der Waals surface area (Å²) in [5.74, 6) is 0.0891. The summed E-state index contributed by atoms with van der Waals surface area (Å²) in [4.78, 5) is 16.7. The lowest BCUT2D eigenvalue weighted by molar-refractivity contribution is -0.137. The highest BCUT2D eigenvalue weighted by molar-refractivity contribution is 7.13. The lowest BCUT2D eigenvalue weighted by atomic mass is 10.1. The van der Waals surface area contributed by atoms with Crippen LogP contribution in [0, 0.1) is 0 Å². The predicted molar refractivity (Wildman–Crippen MR) is 108 cm³/mol. The Morgan fingerprint density at radius 3 is 2.59 bits per heavy atom. The fourth-order valence-corrected chi connectivity index (χ4v) is 3.63. The molecular formula is C20H16ClF3N2O2S. The third kappa shape index (κ3) is 5.27. The highest BCUT2D eigenvalue weighted by Crippen LogP contribution is 2.34. The number of amides is 1. The number of benzene rings is 2. The molecule has 0 radical (unpaired) electrons. The van der Waals surface area contributed by atoms with Crippen LogP contribution in [0.3, 0.4) is 0 Å². The number of hydrogen-bond donors (Lipinski definition) is 1. The molecule has 1 amide bonds. The topological polar surface area (TPSA) is 51.2 Å². The van der Waals surface area contributed by atoms with Crippen LogP contribution in [0.4, 0.5) is 18.9 Å². The molecule has 4 nitrogen and oxygen atoms in total. The van der Waals surface area contributed by atoms with E-state index in [4.69, 9.17) is 16.3 Å². The second kappa shape index (κ2) is 8.84. The van der Waals surface area contributed by atoms with Gasteiger partial charge in [0.05, 0.1) is 35.0 Å². The van der Waals surface area contributed by atoms with Gasteiger partial charge < -0.3 is 10.1 Å². The minimum Gasteiger partial charge on any atom is -0.490 e. The first kappa shape index (κ1) is 21.1. The number of carbonyl (C=O) groups is 1. The van der Waals surface area contributed by atoms with E-state index in [0.29, 0.717) is 39.3 Å². The van der Waals surface area contributed by atoms with E-state index in [9.17, 15) is 18.0 Å². The number of rotatable bonds is 6. The van der Waals surface area contributed by atoms with Crippen molar-refractivity contribution in [2.24, 2.45) is 0 Å². The Labute approximate surface area is 174 Å². The Balaban J connectivity index is 1.69. The maximum Gasteiger partial charge on any atom is 0.416 e. The summed E-state index contributed by atoms with van der Waals surface area (Å²) in [6.45, 7) is 2.21. The highest BCUT2D eigenvalue weighted by Gasteiger charge is 2.30. The molecule has 0 spiro atoms. The summed E-state index contributed by atoms with van der Waals surface area (Å²) in [6, 6.07) is 9.81. The van der Waals surface area contributed by atoms with Crippen LogP contribution in [0.15, 0.2) is 47.8 Å². The minimum atomic E-state index is -4.38. The first-order valence-corrected chi connectivity index (χ1v) is 9.87. The van der Waals surface area contributed by atoms with Crippen molar-refractivity contribution in [3.05, 3.63) is 64.1 Å². The molecule has 0 aliphatic heterocycles. The molecule has 3 rings (SSSR count). The van der Waals surface area contributed by atoms with Gasteiger partial charge in [0, 0.05) is 10.9 Å². The molecule has 0 unspecified atom stereocenters. The number of nitrogens with one attached hydrogen (secondary N) is 1. The number of anilines is 1. The first-order chi connectivity index (χ1) is 13.8. The number of aromatic nitrogens is 1. The largest absolute Gasteiger partial charge is 0.490 e. The Bertz CT molecular complexity index is 1000. The van der Waals surface area contributed by atoms with Crippen molar-refractivity contribution >= 4 is 34.5 Å². The van der Waals surface area contributed by atoms with Crippen LogP contribution in [0.5, 0.6) is 5.75 Å². The Morgan fingerprint density at radius 2 is 1.93 bits per heavy atom. The van der Waals surface area contributed by atoms with E-state index < -0.39 is 11.7 Å². The summed E-state index contributed by atoms with van der Waals surface area (Å²) >= 11 is 7.36. The fraction of sp³-hybridized carbons (Fsp3) is 0.200. The van der Waals surface area contributed by atoms with Gasteiger partial charge in [-0.1, -0.05) is 29.8 Å². The van der Waals surface area contributed by atoms with E-state index >= 15 is 0 Å². The zero-order chi connectivity index (χ0) is 21.0. The number of halogens is 4. The average Bonchev–Trinajstić information content (AvgIpc) is 3.12. The second-order valence-electron chi connectivity index (χ2n) is 5.99. The van der Waals surface area contributed by atoms with Gasteiger partial charge in [-0.3, -0.25) is 4.79 Å². The predicted octanol–water partition coefficient (Wildman–Crippen LogP) is 6.06. The molecule has 1 N–H and O–H groups in total. The monoisotopic (exact) mass is 440 g/mol. The van der Waals surface area contributed by atoms with Crippen molar-refractivity contribution in [1.82, 2.24) is 4.98 Å². The Kier molecular flexibility index (Phi) is 6.44. The van der Waals surface area contributed by atoms with Gasteiger partial charge in [-0.25, -0.2) is 4.98 Å². The van der Waals surface area contributed by atoms with E-state index in [0.717, 1.165) is 12.1 Å². The van der Waals surface area contributed by atoms with Crippen LogP contribution in [-0.2, 0) is 17.4 Å². The van der Waals surface area contributed by atoms with Crippen LogP contribution in [0.2, 0.25) is 5.02 Å². The van der Waals surface area contributed by atoms with E-state index in [1.165, 1.54) is 23.5 Å². The summed E-state index contributed by atoms with van der Waals surface area (Å²) in [5, 5.41) is 5.38. The second-order valence-corrected chi connectivity index (χ2v) is 7.26. The third-order valence-electron chi connectivity index (χ3n) is 3.88. The van der Waals surface area contributed by atoms with Crippen LogP contribution in [0.1, 0.15) is 18.2 Å². The molecule has 3 aromatic rings. The van der Waals surface area contributed by atoms with Gasteiger partial charge in [0.2, 0.25) is 5.91 Å². The quantitative estimate of drug-likeness (QED) is 0.506. The molecule has 0 fully saturated rings. The summed E-state index contributed by atoms with van der Waals surface area (Å²) in [5.41, 5.74) is 0.817. The normalized spacial score (nSPS) is 11.3. The molecule has 1 aromatic heterocycles. The number of carbonyl (C=O) groups excluding carboxylic acids is 1. The molecule has 0 bridgehead atoms. The van der Waals surface area contributed by atoms with Crippen molar-refractivity contribution in [2.75, 3.05) is 11.9 Å². The lowest BCUT2D eigenvalue weighted by Gasteiger charge is -2.12. The zero-order valence-corrected chi connectivity index (χ0v) is 16.8. The van der Waals surface area contributed by atoms with Gasteiger partial charge in [-0.2, -0.15) is 13.2 Å². The van der Waals surface area contributed by atoms with Gasteiger partial charge in [-0.05, 0) is 31.2 Å². The molecule has 152 valence electrons. The smallest absolute Gasteiger partial charge is 0.416 e. The number of hydrogen-bond acceptors (Lipinski definition) is 4. The summed E-state index contributed by atoms with van der Waals surface area (Å²) in [7, 11) is 0. The number of nitrogens with zero attached hydrogens (tertiary/aromatic N) is 1. The van der Waals surface area contributed by atoms with Crippen molar-refractivity contribution in [3.8, 4) is 16.3 Å². The molecular weight excluding hydrogens is 425 g/mol. The van der Waals surface area contributed by atoms with Crippen molar-refractivity contribution < 1.29 is 22.7 Å². The first-order valence-electron chi connectivity index (χ1n) is 8.61. The number of ether oxygens (including phenoxy) is 1. The third-order valence-corrected chi connectivity index (χ3v) is 5.12. The fourth-order valence-electron chi connectivity index (χ4n) is 2.58. The molecule has 0 atom stereocenters. The van der Waals surface area contributed by atoms with Crippen molar-refractivity contribution in [3.63, 3.8) is 0 Å². The molecule has 29 heavy (non-hydrogen) atoms. The molecule has 0 aliphatic rings. The molecule has 0 aliphatic carbocycles. The van der Waals surface area contributed by atoms with Crippen LogP contribution in [-0.4, -0.2) is 17.5 Å². The van der Waals surface area contributed by atoms with Gasteiger partial charge in [-0.15, -0.1) is 11.3 Å². The van der Waals surface area contributed by atoms with Gasteiger partial charge in [0.25, 0.3) is 0 Å². The van der Waals surface area contributed by atoms with Gasteiger partial charge >= 0.3 is 6.18 Å². The molecule has 0 saturated carbocycles. The zero-order valence-electron chi connectivity index (χ0n) is 15.2. The SMILES string of the molecule is CCOc1c(Cl)cccc1NC(=O)Cc1csc(-c2ccc(C(F)(F)F)cc2)n1. The van der Waals surface area contributed by atoms with E-state index in [2.05, 4.69) is 10.3 Å². The maximum atomic E-state index is 12.7. The Hall–Kier alpha value is -2.58. The van der Waals surface area contributed by atoms with E-state index in [1.807, 2.05) is 6.92 Å². The molecule has 2 aromatic carbocycles. The molecule has 0 saturated heterocycles. The summed E-state index contributed by atoms with van der Waals surface area (Å²) < 4.78 is 43.5. The number of para-hydroxylation sites is 1. The number of alkyl halides is 3. The van der Waals surface area contributed by atoms with Crippen LogP contribution >= 0.6 is 22.9 Å². The lowest BCUT2D eigenvalue weighted by Crippen LogP contribution is -2.15. The molecule has 9 heteroatoms.